The van der Waals surface area contributed by atoms with Crippen LogP contribution in [-0.2, 0) is 14.6 Å². The van der Waals surface area contributed by atoms with Crippen LogP contribution in [0.3, 0.4) is 0 Å². The summed E-state index contributed by atoms with van der Waals surface area (Å²) in [5, 5.41) is 8.61. The summed E-state index contributed by atoms with van der Waals surface area (Å²) in [7, 11) is -4.01. The van der Waals surface area contributed by atoms with Crippen molar-refractivity contribution in [2.75, 3.05) is 0 Å². The maximum absolute atomic E-state index is 11.7. The second-order valence-electron chi connectivity index (χ2n) is 3.92. The van der Waals surface area contributed by atoms with Crippen LogP contribution in [-0.4, -0.2) is 24.2 Å². The van der Waals surface area contributed by atoms with Crippen molar-refractivity contribution in [2.24, 2.45) is 0 Å². The molecule has 0 aliphatic heterocycles. The molecule has 0 saturated carbocycles. The van der Waals surface area contributed by atoms with Crippen LogP contribution in [0.1, 0.15) is 25.3 Å². The summed E-state index contributed by atoms with van der Waals surface area (Å²) < 4.78 is 21.5. The van der Waals surface area contributed by atoms with E-state index in [-0.39, 0.29) is 10.8 Å². The lowest BCUT2D eigenvalue weighted by molar-refractivity contribution is -0.134. The highest BCUT2D eigenvalue weighted by molar-refractivity contribution is 7.94. The summed E-state index contributed by atoms with van der Waals surface area (Å²) in [6.45, 7) is 3.95. The summed E-state index contributed by atoms with van der Waals surface area (Å²) in [5.41, 5.74) is 0.977. The van der Waals surface area contributed by atoms with E-state index in [0.29, 0.717) is 0 Å². The first-order valence-electron chi connectivity index (χ1n) is 4.97. The van der Waals surface area contributed by atoms with Crippen LogP contribution in [0, 0.1) is 0 Å². The standard InChI is InChI=1S/C11H13ClO4S/c1-7(2)8-3-5-9(6-4-8)17(15,16)10(12)11(13)14/h3-7,10H,1-2H3,(H,13,14). The zero-order chi connectivity index (χ0) is 13.2. The van der Waals surface area contributed by atoms with Crippen LogP contribution in [0.25, 0.3) is 0 Å². The molecule has 0 radical (unpaired) electrons. The maximum atomic E-state index is 11.7. The average Bonchev–Trinajstić information content (AvgIpc) is 2.27. The molecule has 1 rings (SSSR count). The van der Waals surface area contributed by atoms with Gasteiger partial charge in [0.25, 0.3) is 0 Å². The van der Waals surface area contributed by atoms with E-state index in [1.165, 1.54) is 12.1 Å². The second-order valence-corrected chi connectivity index (χ2v) is 6.65. The van der Waals surface area contributed by atoms with Crippen LogP contribution in [0.4, 0.5) is 0 Å². The lowest BCUT2D eigenvalue weighted by atomic mass is 10.0. The predicted octanol–water partition coefficient (Wildman–Crippen LogP) is 2.23. The van der Waals surface area contributed by atoms with Crippen molar-refractivity contribution in [1.82, 2.24) is 0 Å². The molecule has 17 heavy (non-hydrogen) atoms. The highest BCUT2D eigenvalue weighted by Gasteiger charge is 2.31. The molecule has 0 aliphatic rings. The number of alkyl halides is 1. The molecular formula is C11H13ClO4S. The smallest absolute Gasteiger partial charge is 0.337 e. The third-order valence-electron chi connectivity index (χ3n) is 2.34. The topological polar surface area (TPSA) is 71.4 Å². The Bertz CT molecular complexity index is 505. The summed E-state index contributed by atoms with van der Waals surface area (Å²) >= 11 is 5.36. The van der Waals surface area contributed by atoms with Crippen molar-refractivity contribution < 1.29 is 18.3 Å². The Morgan fingerprint density at radius 1 is 1.24 bits per heavy atom. The Morgan fingerprint density at radius 3 is 2.06 bits per heavy atom. The van der Waals surface area contributed by atoms with E-state index in [1.54, 1.807) is 12.1 Å². The highest BCUT2D eigenvalue weighted by atomic mass is 35.5. The minimum Gasteiger partial charge on any atom is -0.479 e. The molecule has 6 heteroatoms. The quantitative estimate of drug-likeness (QED) is 0.856. The lowest BCUT2D eigenvalue weighted by Gasteiger charge is -2.09. The van der Waals surface area contributed by atoms with Crippen molar-refractivity contribution in [1.29, 1.82) is 0 Å². The fourth-order valence-electron chi connectivity index (χ4n) is 1.29. The van der Waals surface area contributed by atoms with Crippen LogP contribution < -0.4 is 0 Å². The fourth-order valence-corrected chi connectivity index (χ4v) is 2.62. The van der Waals surface area contributed by atoms with Gasteiger partial charge in [0, 0.05) is 0 Å². The Hall–Kier alpha value is -1.07. The summed E-state index contributed by atoms with van der Waals surface area (Å²) in [6.07, 6.45) is 0. The van der Waals surface area contributed by atoms with Gasteiger partial charge in [-0.1, -0.05) is 37.6 Å². The number of halogens is 1. The van der Waals surface area contributed by atoms with Gasteiger partial charge < -0.3 is 5.11 Å². The Balaban J connectivity index is 3.13. The van der Waals surface area contributed by atoms with Gasteiger partial charge in [-0.05, 0) is 23.6 Å². The van der Waals surface area contributed by atoms with E-state index in [1.807, 2.05) is 13.8 Å². The largest absolute Gasteiger partial charge is 0.479 e. The van der Waals surface area contributed by atoms with Gasteiger partial charge in [-0.2, -0.15) is 0 Å². The van der Waals surface area contributed by atoms with Crippen molar-refractivity contribution >= 4 is 27.4 Å². The molecule has 1 aromatic carbocycles. The lowest BCUT2D eigenvalue weighted by Crippen LogP contribution is -2.24. The molecule has 0 saturated heterocycles. The van der Waals surface area contributed by atoms with Gasteiger partial charge in [0.05, 0.1) is 4.90 Å². The molecule has 0 aliphatic carbocycles. The molecule has 4 nitrogen and oxygen atoms in total. The number of carbonyl (C=O) groups is 1. The monoisotopic (exact) mass is 276 g/mol. The van der Waals surface area contributed by atoms with Crippen LogP contribution in [0.15, 0.2) is 29.2 Å². The number of rotatable bonds is 4. The molecule has 0 heterocycles. The van der Waals surface area contributed by atoms with Crippen molar-refractivity contribution in [3.05, 3.63) is 29.8 Å². The van der Waals surface area contributed by atoms with Gasteiger partial charge >= 0.3 is 5.97 Å². The molecule has 0 bridgehead atoms. The molecule has 0 amide bonds. The van der Waals surface area contributed by atoms with E-state index in [4.69, 9.17) is 16.7 Å². The number of carboxylic acid groups (broad SMARTS) is 1. The number of carboxylic acids is 1. The Labute approximate surface area is 105 Å². The number of aliphatic carboxylic acids is 1. The molecular weight excluding hydrogens is 264 g/mol. The first-order chi connectivity index (χ1) is 7.76. The van der Waals surface area contributed by atoms with Crippen molar-refractivity contribution in [2.45, 2.75) is 29.4 Å². The van der Waals surface area contributed by atoms with Crippen molar-refractivity contribution in [3.8, 4) is 0 Å². The van der Waals surface area contributed by atoms with Crippen LogP contribution in [0.5, 0.6) is 0 Å². The second kappa shape index (κ2) is 5.06. The first-order valence-corrected chi connectivity index (χ1v) is 6.96. The van der Waals surface area contributed by atoms with E-state index in [0.717, 1.165) is 5.56 Å². The summed E-state index contributed by atoms with van der Waals surface area (Å²) in [6, 6.07) is 6.07. The number of hydrogen-bond donors (Lipinski definition) is 1. The Morgan fingerprint density at radius 2 is 1.71 bits per heavy atom. The summed E-state index contributed by atoms with van der Waals surface area (Å²) in [5.74, 6) is -1.29. The molecule has 94 valence electrons. The van der Waals surface area contributed by atoms with E-state index in [2.05, 4.69) is 0 Å². The molecule has 1 atom stereocenters. The third-order valence-corrected chi connectivity index (χ3v) is 4.91. The highest BCUT2D eigenvalue weighted by Crippen LogP contribution is 2.22. The van der Waals surface area contributed by atoms with Gasteiger partial charge in [-0.3, -0.25) is 0 Å². The molecule has 1 unspecified atom stereocenters. The van der Waals surface area contributed by atoms with Gasteiger partial charge in [0.1, 0.15) is 0 Å². The molecule has 0 fully saturated rings. The van der Waals surface area contributed by atoms with Crippen molar-refractivity contribution in [3.63, 3.8) is 0 Å². The van der Waals surface area contributed by atoms with Gasteiger partial charge in [-0.25, -0.2) is 13.2 Å². The van der Waals surface area contributed by atoms with E-state index >= 15 is 0 Å². The minimum absolute atomic E-state index is 0.0794. The van der Waals surface area contributed by atoms with Gasteiger partial charge in [-0.15, -0.1) is 0 Å². The molecule has 0 spiro atoms. The van der Waals surface area contributed by atoms with Crippen LogP contribution >= 0.6 is 11.6 Å². The minimum atomic E-state index is -4.01. The predicted molar refractivity (Wildman–Crippen MR) is 65.0 cm³/mol. The SMILES string of the molecule is CC(C)c1ccc(S(=O)(=O)C(Cl)C(=O)O)cc1. The van der Waals surface area contributed by atoms with Gasteiger partial charge in [0.15, 0.2) is 0 Å². The average molecular weight is 277 g/mol. The molecule has 0 aromatic heterocycles. The number of benzene rings is 1. The summed E-state index contributed by atoms with van der Waals surface area (Å²) in [4.78, 5) is 10.5. The maximum Gasteiger partial charge on any atom is 0.337 e. The van der Waals surface area contributed by atoms with E-state index < -0.39 is 20.5 Å². The number of hydrogen-bond acceptors (Lipinski definition) is 3. The first kappa shape index (κ1) is 14.0. The van der Waals surface area contributed by atoms with Gasteiger partial charge in [0.2, 0.25) is 14.5 Å². The zero-order valence-electron chi connectivity index (χ0n) is 9.42. The normalized spacial score (nSPS) is 13.6. The van der Waals surface area contributed by atoms with E-state index in [9.17, 15) is 13.2 Å². The molecule has 1 N–H and O–H groups in total. The Kier molecular flexibility index (Phi) is 4.16. The van der Waals surface area contributed by atoms with Crippen LogP contribution in [0.2, 0.25) is 0 Å². The number of sulfone groups is 1. The third kappa shape index (κ3) is 2.98. The molecule has 1 aromatic rings. The zero-order valence-corrected chi connectivity index (χ0v) is 11.0. The fraction of sp³-hybridized carbons (Fsp3) is 0.364.